The maximum atomic E-state index is 12.6. The van der Waals surface area contributed by atoms with Gasteiger partial charge in [-0.15, -0.1) is 0 Å². The lowest BCUT2D eigenvalue weighted by atomic mass is 10.0. The first-order valence-electron chi connectivity index (χ1n) is 9.44. The van der Waals surface area contributed by atoms with Gasteiger partial charge < -0.3 is 16.0 Å². The highest BCUT2D eigenvalue weighted by Gasteiger charge is 2.30. The molecule has 160 valence electrons. The minimum absolute atomic E-state index is 0.0371. The predicted octanol–water partition coefficient (Wildman–Crippen LogP) is 3.94. The number of fused-ring (bicyclic) bond motifs is 1. The molecule has 1 aliphatic rings. The molecule has 2 aromatic rings. The molecule has 2 amide bonds. The van der Waals surface area contributed by atoms with E-state index in [2.05, 4.69) is 15.7 Å². The Morgan fingerprint density at radius 2 is 2.03 bits per heavy atom. The number of allylic oxidation sites excluding steroid dienone is 1. The van der Waals surface area contributed by atoms with Crippen LogP contribution in [-0.4, -0.2) is 34.3 Å². The molecule has 0 unspecified atom stereocenters. The minimum atomic E-state index is -4.51. The maximum Gasteiger partial charge on any atom is 0.405 e. The Hall–Kier alpha value is -3.30. The molecule has 1 aliphatic heterocycles. The first-order valence-corrected chi connectivity index (χ1v) is 9.44. The van der Waals surface area contributed by atoms with Crippen LogP contribution < -0.4 is 16.0 Å². The fraction of sp³-hybridized carbons (Fsp3) is 0.350. The van der Waals surface area contributed by atoms with Gasteiger partial charge in [0.05, 0.1) is 17.5 Å². The largest absolute Gasteiger partial charge is 0.405 e. The summed E-state index contributed by atoms with van der Waals surface area (Å²) in [6.45, 7) is 4.42. The number of nitrogens with zero attached hydrogens (tertiary/aromatic N) is 2. The Bertz CT molecular complexity index is 1010. The van der Waals surface area contributed by atoms with Crippen molar-refractivity contribution in [3.63, 3.8) is 0 Å². The summed E-state index contributed by atoms with van der Waals surface area (Å²) < 4.78 is 38.9. The molecule has 0 saturated carbocycles. The Kier molecular flexibility index (Phi) is 5.86. The van der Waals surface area contributed by atoms with Crippen molar-refractivity contribution in [1.82, 2.24) is 15.1 Å². The van der Waals surface area contributed by atoms with E-state index in [9.17, 15) is 22.8 Å². The van der Waals surface area contributed by atoms with E-state index in [4.69, 9.17) is 0 Å². The van der Waals surface area contributed by atoms with Crippen LogP contribution in [0.5, 0.6) is 0 Å². The molecule has 30 heavy (non-hydrogen) atoms. The molecular formula is C20H22F3N5O2. The molecule has 0 fully saturated rings. The third-order valence-corrected chi connectivity index (χ3v) is 4.56. The zero-order valence-electron chi connectivity index (χ0n) is 16.7. The van der Waals surface area contributed by atoms with Gasteiger partial charge in [0, 0.05) is 34.8 Å². The number of hydrogen-bond donors (Lipinski definition) is 3. The van der Waals surface area contributed by atoms with E-state index in [0.29, 0.717) is 34.6 Å². The van der Waals surface area contributed by atoms with Gasteiger partial charge >= 0.3 is 6.18 Å². The number of hydrogen-bond acceptors (Lipinski definition) is 4. The number of carbonyl (C=O) groups is 2. The molecule has 0 spiro atoms. The van der Waals surface area contributed by atoms with Crippen molar-refractivity contribution in [3.8, 4) is 0 Å². The van der Waals surface area contributed by atoms with Crippen LogP contribution in [0.25, 0.3) is 5.57 Å². The molecule has 0 radical (unpaired) electrons. The van der Waals surface area contributed by atoms with Crippen molar-refractivity contribution in [2.75, 3.05) is 17.2 Å². The number of nitrogens with one attached hydrogen (secondary N) is 3. The minimum Gasteiger partial charge on any atom is -0.356 e. The van der Waals surface area contributed by atoms with E-state index in [0.717, 1.165) is 0 Å². The summed E-state index contributed by atoms with van der Waals surface area (Å²) in [5, 5.41) is 12.0. The molecule has 2 heterocycles. The number of rotatable bonds is 6. The van der Waals surface area contributed by atoms with Gasteiger partial charge in [0.2, 0.25) is 0 Å². The third kappa shape index (κ3) is 4.64. The Morgan fingerprint density at radius 1 is 1.30 bits per heavy atom. The molecule has 0 aliphatic carbocycles. The first-order chi connectivity index (χ1) is 14.1. The van der Waals surface area contributed by atoms with Crippen molar-refractivity contribution in [2.45, 2.75) is 39.4 Å². The summed E-state index contributed by atoms with van der Waals surface area (Å²) in [5.74, 6) is -1.21. The number of amides is 2. The number of aromatic nitrogens is 2. The number of carbonyl (C=O) groups excluding carboxylic acids is 2. The highest BCUT2D eigenvalue weighted by Crippen LogP contribution is 2.35. The standard InChI is InChI=1S/C20H22F3N5O2/c1-4-15(26-13-8-25-28(9-13)11(2)3)17-14-7-12(5-6-16(14)27-19(17)30)18(29)24-10-20(21,22)23/h5-9,11,26H,4,10H2,1-3H3,(H,24,29)(H,27,30)/b17-15-. The quantitative estimate of drug-likeness (QED) is 0.617. The maximum absolute atomic E-state index is 12.6. The van der Waals surface area contributed by atoms with Gasteiger partial charge in [-0.05, 0) is 38.5 Å². The topological polar surface area (TPSA) is 88.1 Å². The Labute approximate surface area is 171 Å². The molecule has 3 N–H and O–H groups in total. The van der Waals surface area contributed by atoms with E-state index in [1.54, 1.807) is 10.9 Å². The lowest BCUT2D eigenvalue weighted by molar-refractivity contribution is -0.123. The van der Waals surface area contributed by atoms with E-state index in [-0.39, 0.29) is 17.5 Å². The average Bonchev–Trinajstić information content (AvgIpc) is 3.27. The van der Waals surface area contributed by atoms with Gasteiger partial charge in [-0.3, -0.25) is 14.3 Å². The summed E-state index contributed by atoms with van der Waals surface area (Å²) >= 11 is 0. The second kappa shape index (κ2) is 8.21. The zero-order chi connectivity index (χ0) is 22.1. The number of halogens is 3. The molecule has 1 aromatic heterocycles. The lowest BCUT2D eigenvalue weighted by Crippen LogP contribution is -2.33. The van der Waals surface area contributed by atoms with Crippen LogP contribution in [0, 0.1) is 0 Å². The molecule has 0 saturated heterocycles. The number of alkyl halides is 3. The van der Waals surface area contributed by atoms with Crippen molar-refractivity contribution in [1.29, 1.82) is 0 Å². The fourth-order valence-corrected chi connectivity index (χ4v) is 3.08. The molecule has 0 bridgehead atoms. The van der Waals surface area contributed by atoms with Crippen LogP contribution in [-0.2, 0) is 4.79 Å². The monoisotopic (exact) mass is 421 g/mol. The Balaban J connectivity index is 1.92. The van der Waals surface area contributed by atoms with Gasteiger partial charge in [0.1, 0.15) is 6.54 Å². The van der Waals surface area contributed by atoms with E-state index in [1.807, 2.05) is 32.3 Å². The first kappa shape index (κ1) is 21.4. The molecule has 3 rings (SSSR count). The van der Waals surface area contributed by atoms with Crippen LogP contribution in [0.2, 0.25) is 0 Å². The summed E-state index contributed by atoms with van der Waals surface area (Å²) in [5.41, 5.74) is 2.65. The second-order valence-electron chi connectivity index (χ2n) is 7.15. The number of benzene rings is 1. The van der Waals surface area contributed by atoms with E-state index < -0.39 is 18.6 Å². The van der Waals surface area contributed by atoms with Crippen molar-refractivity contribution in [2.24, 2.45) is 0 Å². The highest BCUT2D eigenvalue weighted by molar-refractivity contribution is 6.32. The second-order valence-corrected chi connectivity index (χ2v) is 7.15. The van der Waals surface area contributed by atoms with Crippen LogP contribution in [0.1, 0.15) is 49.2 Å². The van der Waals surface area contributed by atoms with Crippen LogP contribution >= 0.6 is 0 Å². The summed E-state index contributed by atoms with van der Waals surface area (Å²) in [4.78, 5) is 24.7. The van der Waals surface area contributed by atoms with Gasteiger partial charge in [-0.25, -0.2) is 0 Å². The number of anilines is 2. The molecular weight excluding hydrogens is 399 g/mol. The van der Waals surface area contributed by atoms with E-state index in [1.165, 1.54) is 18.2 Å². The lowest BCUT2D eigenvalue weighted by Gasteiger charge is -2.12. The SMILES string of the molecule is CC/C(Nc1cnn(C(C)C)c1)=C1/C(=O)Nc2ccc(C(=O)NCC(F)(F)F)cc21. The highest BCUT2D eigenvalue weighted by atomic mass is 19.4. The summed E-state index contributed by atoms with van der Waals surface area (Å²) in [6, 6.07) is 4.47. The summed E-state index contributed by atoms with van der Waals surface area (Å²) in [6.07, 6.45) is -0.561. The summed E-state index contributed by atoms with van der Waals surface area (Å²) in [7, 11) is 0. The van der Waals surface area contributed by atoms with E-state index >= 15 is 0 Å². The van der Waals surface area contributed by atoms with Gasteiger partial charge in [0.25, 0.3) is 11.8 Å². The van der Waals surface area contributed by atoms with Gasteiger partial charge in [-0.2, -0.15) is 18.3 Å². The normalized spacial score (nSPS) is 15.1. The fourth-order valence-electron chi connectivity index (χ4n) is 3.08. The Morgan fingerprint density at radius 3 is 2.63 bits per heavy atom. The molecule has 1 aromatic carbocycles. The van der Waals surface area contributed by atoms with Crippen LogP contribution in [0.4, 0.5) is 24.5 Å². The van der Waals surface area contributed by atoms with Crippen LogP contribution in [0.3, 0.4) is 0 Å². The van der Waals surface area contributed by atoms with Crippen LogP contribution in [0.15, 0.2) is 36.3 Å². The zero-order valence-corrected chi connectivity index (χ0v) is 16.7. The average molecular weight is 421 g/mol. The smallest absolute Gasteiger partial charge is 0.356 e. The molecule has 7 nitrogen and oxygen atoms in total. The van der Waals surface area contributed by atoms with Crippen molar-refractivity contribution in [3.05, 3.63) is 47.4 Å². The third-order valence-electron chi connectivity index (χ3n) is 4.56. The van der Waals surface area contributed by atoms with Gasteiger partial charge in [-0.1, -0.05) is 6.92 Å². The van der Waals surface area contributed by atoms with Crippen molar-refractivity contribution < 1.29 is 22.8 Å². The predicted molar refractivity (Wildman–Crippen MR) is 107 cm³/mol. The van der Waals surface area contributed by atoms with Crippen molar-refractivity contribution >= 4 is 28.8 Å². The molecule has 10 heteroatoms. The molecule has 0 atom stereocenters. The van der Waals surface area contributed by atoms with Gasteiger partial charge in [0.15, 0.2) is 0 Å².